The number of nitrogens with zero attached hydrogens (tertiary/aromatic N) is 3. The monoisotopic (exact) mass is 307 g/mol. The predicted octanol–water partition coefficient (Wildman–Crippen LogP) is 4.31. The molecule has 0 radical (unpaired) electrons. The van der Waals surface area contributed by atoms with Crippen LogP contribution < -0.4 is 4.74 Å². The lowest BCUT2D eigenvalue weighted by molar-refractivity contribution is 0.182. The van der Waals surface area contributed by atoms with Gasteiger partial charge in [0.05, 0.1) is 6.20 Å². The molecule has 4 rings (SSSR count). The van der Waals surface area contributed by atoms with E-state index in [2.05, 4.69) is 48.3 Å². The lowest BCUT2D eigenvalue weighted by Gasteiger charge is -2.26. The largest absolute Gasteiger partial charge is 0.484 e. The van der Waals surface area contributed by atoms with Gasteiger partial charge in [-0.2, -0.15) is 0 Å². The van der Waals surface area contributed by atoms with Crippen LogP contribution in [-0.4, -0.2) is 14.6 Å². The van der Waals surface area contributed by atoms with E-state index in [1.165, 1.54) is 17.5 Å². The fourth-order valence-electron chi connectivity index (χ4n) is 3.35. The van der Waals surface area contributed by atoms with Gasteiger partial charge in [-0.3, -0.25) is 4.40 Å². The number of rotatable bonds is 3. The Morgan fingerprint density at radius 1 is 1.13 bits per heavy atom. The van der Waals surface area contributed by atoms with Crippen molar-refractivity contribution in [2.75, 3.05) is 0 Å². The predicted molar refractivity (Wildman–Crippen MR) is 89.8 cm³/mol. The summed E-state index contributed by atoms with van der Waals surface area (Å²) in [5.41, 5.74) is 3.61. The normalized spacial score (nSPS) is 17.4. The van der Waals surface area contributed by atoms with Gasteiger partial charge in [0.25, 0.3) is 0 Å². The highest BCUT2D eigenvalue weighted by atomic mass is 16.5. The molecule has 0 N–H and O–H groups in total. The quantitative estimate of drug-likeness (QED) is 0.724. The first-order chi connectivity index (χ1) is 11.2. The summed E-state index contributed by atoms with van der Waals surface area (Å²) < 4.78 is 8.35. The summed E-state index contributed by atoms with van der Waals surface area (Å²) in [6, 6.07) is 12.6. The van der Waals surface area contributed by atoms with Crippen LogP contribution in [0.4, 0.5) is 0 Å². The molecule has 0 fully saturated rings. The van der Waals surface area contributed by atoms with Crippen LogP contribution in [0.15, 0.2) is 42.6 Å². The zero-order valence-electron chi connectivity index (χ0n) is 13.6. The van der Waals surface area contributed by atoms with Crippen molar-refractivity contribution in [1.29, 1.82) is 0 Å². The third-order valence-corrected chi connectivity index (χ3v) is 4.51. The van der Waals surface area contributed by atoms with Crippen molar-refractivity contribution in [2.24, 2.45) is 0 Å². The molecular formula is C19H21N3O. The summed E-state index contributed by atoms with van der Waals surface area (Å²) in [4.78, 5) is 0. The van der Waals surface area contributed by atoms with Crippen molar-refractivity contribution in [2.45, 2.75) is 45.1 Å². The van der Waals surface area contributed by atoms with Crippen LogP contribution in [-0.2, 0) is 6.42 Å². The van der Waals surface area contributed by atoms with Gasteiger partial charge in [0.1, 0.15) is 17.7 Å². The van der Waals surface area contributed by atoms with Crippen LogP contribution in [0.2, 0.25) is 0 Å². The second-order valence-corrected chi connectivity index (χ2v) is 6.50. The van der Waals surface area contributed by atoms with E-state index < -0.39 is 0 Å². The Morgan fingerprint density at radius 2 is 2.00 bits per heavy atom. The van der Waals surface area contributed by atoms with Gasteiger partial charge in [-0.05, 0) is 42.5 Å². The molecule has 0 saturated heterocycles. The van der Waals surface area contributed by atoms with Crippen LogP contribution in [0, 0.1) is 0 Å². The van der Waals surface area contributed by atoms with Crippen molar-refractivity contribution >= 4 is 5.65 Å². The van der Waals surface area contributed by atoms with Gasteiger partial charge < -0.3 is 4.74 Å². The van der Waals surface area contributed by atoms with Gasteiger partial charge in [0, 0.05) is 5.92 Å². The molecule has 0 saturated carbocycles. The molecule has 2 aromatic heterocycles. The maximum atomic E-state index is 6.32. The van der Waals surface area contributed by atoms with Crippen LogP contribution in [0.25, 0.3) is 5.65 Å². The first-order valence-corrected chi connectivity index (χ1v) is 8.31. The third kappa shape index (κ3) is 2.58. The lowest BCUT2D eigenvalue weighted by atomic mass is 9.89. The van der Waals surface area contributed by atoms with Crippen molar-refractivity contribution in [3.8, 4) is 5.75 Å². The molecule has 0 spiro atoms. The minimum atomic E-state index is 0.136. The molecule has 3 aromatic rings. The van der Waals surface area contributed by atoms with Gasteiger partial charge >= 0.3 is 0 Å². The molecule has 1 atom stereocenters. The molecule has 4 nitrogen and oxygen atoms in total. The lowest BCUT2D eigenvalue weighted by Crippen LogP contribution is -2.15. The number of pyridine rings is 1. The molecule has 2 heterocycles. The van der Waals surface area contributed by atoms with E-state index in [-0.39, 0.29) is 6.10 Å². The molecule has 23 heavy (non-hydrogen) atoms. The van der Waals surface area contributed by atoms with Gasteiger partial charge in [-0.15, -0.1) is 10.2 Å². The summed E-state index contributed by atoms with van der Waals surface area (Å²) in [5.74, 6) is 2.17. The number of aryl methyl sites for hydroxylation is 1. The van der Waals surface area contributed by atoms with Gasteiger partial charge in [0.15, 0.2) is 5.65 Å². The maximum absolute atomic E-state index is 6.32. The smallest absolute Gasteiger partial charge is 0.161 e. The Hall–Kier alpha value is -2.36. The topological polar surface area (TPSA) is 39.4 Å². The number of fused-ring (bicyclic) bond motifs is 2. The van der Waals surface area contributed by atoms with Crippen molar-refractivity contribution in [3.63, 3.8) is 0 Å². The highest BCUT2D eigenvalue weighted by Gasteiger charge is 2.21. The highest BCUT2D eigenvalue weighted by Crippen LogP contribution is 2.33. The Bertz CT molecular complexity index is 838. The average Bonchev–Trinajstić information content (AvgIpc) is 2.99. The molecule has 1 aromatic carbocycles. The highest BCUT2D eigenvalue weighted by molar-refractivity contribution is 5.42. The van der Waals surface area contributed by atoms with Crippen LogP contribution >= 0.6 is 0 Å². The van der Waals surface area contributed by atoms with Crippen molar-refractivity contribution in [1.82, 2.24) is 14.6 Å². The average molecular weight is 307 g/mol. The standard InChI is InChI=1S/C19H21N3O/c1-13(2)19-21-20-18-11-10-15(12-22(18)19)23-17-9-5-7-14-6-3-4-8-16(14)17/h3-4,6,8,10-13,17H,5,7,9H2,1-2H3. The zero-order chi connectivity index (χ0) is 15.8. The maximum Gasteiger partial charge on any atom is 0.161 e. The van der Waals surface area contributed by atoms with Crippen LogP contribution in [0.1, 0.15) is 55.7 Å². The zero-order valence-corrected chi connectivity index (χ0v) is 13.6. The number of hydrogen-bond acceptors (Lipinski definition) is 3. The number of benzene rings is 1. The minimum Gasteiger partial charge on any atom is -0.484 e. The van der Waals surface area contributed by atoms with Gasteiger partial charge in [0.2, 0.25) is 0 Å². The minimum absolute atomic E-state index is 0.136. The summed E-state index contributed by atoms with van der Waals surface area (Å²) >= 11 is 0. The number of aromatic nitrogens is 3. The first kappa shape index (κ1) is 14.2. The molecule has 0 bridgehead atoms. The molecule has 118 valence electrons. The first-order valence-electron chi connectivity index (χ1n) is 8.31. The van der Waals surface area contributed by atoms with Crippen molar-refractivity contribution in [3.05, 3.63) is 59.5 Å². The fraction of sp³-hybridized carbons (Fsp3) is 0.368. The summed E-state index contributed by atoms with van der Waals surface area (Å²) in [6.07, 6.45) is 5.54. The second kappa shape index (κ2) is 5.69. The summed E-state index contributed by atoms with van der Waals surface area (Å²) in [5, 5.41) is 8.50. The Kier molecular flexibility index (Phi) is 3.52. The van der Waals surface area contributed by atoms with Crippen LogP contribution in [0.5, 0.6) is 5.75 Å². The Morgan fingerprint density at radius 3 is 2.87 bits per heavy atom. The van der Waals surface area contributed by atoms with E-state index in [0.717, 1.165) is 30.1 Å². The number of ether oxygens (including phenoxy) is 1. The molecule has 4 heteroatoms. The molecule has 1 unspecified atom stereocenters. The SMILES string of the molecule is CC(C)c1nnc2ccc(OC3CCCc4ccccc43)cn12. The second-order valence-electron chi connectivity index (χ2n) is 6.50. The van der Waals surface area contributed by atoms with Crippen molar-refractivity contribution < 1.29 is 4.74 Å². The molecule has 1 aliphatic rings. The van der Waals surface area contributed by atoms with Gasteiger partial charge in [-0.1, -0.05) is 38.1 Å². The molecular weight excluding hydrogens is 286 g/mol. The third-order valence-electron chi connectivity index (χ3n) is 4.51. The van der Waals surface area contributed by atoms with E-state index in [1.54, 1.807) is 0 Å². The van der Waals surface area contributed by atoms with Crippen LogP contribution in [0.3, 0.4) is 0 Å². The fourth-order valence-corrected chi connectivity index (χ4v) is 3.35. The Balaban J connectivity index is 1.67. The number of hydrogen-bond donors (Lipinski definition) is 0. The van der Waals surface area contributed by atoms with E-state index in [1.807, 2.05) is 22.7 Å². The Labute approximate surface area is 136 Å². The van der Waals surface area contributed by atoms with E-state index in [0.29, 0.717) is 5.92 Å². The summed E-state index contributed by atoms with van der Waals surface area (Å²) in [7, 11) is 0. The van der Waals surface area contributed by atoms with E-state index in [4.69, 9.17) is 4.74 Å². The van der Waals surface area contributed by atoms with E-state index >= 15 is 0 Å². The molecule has 0 amide bonds. The molecule has 0 aliphatic heterocycles. The molecule has 1 aliphatic carbocycles. The summed E-state index contributed by atoms with van der Waals surface area (Å²) in [6.45, 7) is 4.25. The van der Waals surface area contributed by atoms with E-state index in [9.17, 15) is 0 Å². The van der Waals surface area contributed by atoms with Gasteiger partial charge in [-0.25, -0.2) is 0 Å².